The van der Waals surface area contributed by atoms with Gasteiger partial charge in [0.2, 0.25) is 0 Å². The molecule has 0 bridgehead atoms. The zero-order valence-electron chi connectivity index (χ0n) is 16.4. The van der Waals surface area contributed by atoms with Crippen LogP contribution < -0.4 is 10.9 Å². The number of rotatable bonds is 7. The molecule has 0 spiro atoms. The Morgan fingerprint density at radius 1 is 1.23 bits per heavy atom. The molecule has 31 heavy (non-hydrogen) atoms. The molecule has 2 heterocycles. The standard InChI is InChI=1S/C22H20F2N4O3/c23-20(24)15-7-5-13(6-8-15)18-10-17(21(30)26-19(12-29)14-3-4-14)22(31)28(27-18)16-2-1-9-25-11-16/h1-2,5-11,14,19-20,29H,3-4,12H2,(H,26,30). The van der Waals surface area contributed by atoms with Crippen LogP contribution in [0.3, 0.4) is 0 Å². The molecule has 1 saturated carbocycles. The van der Waals surface area contributed by atoms with Crippen LogP contribution in [-0.4, -0.2) is 38.4 Å². The number of halogens is 2. The van der Waals surface area contributed by atoms with E-state index in [1.54, 1.807) is 12.1 Å². The number of carbonyl (C=O) groups is 1. The lowest BCUT2D eigenvalue weighted by Gasteiger charge is -2.16. The number of aromatic nitrogens is 3. The third kappa shape index (κ3) is 4.51. The van der Waals surface area contributed by atoms with Crippen molar-refractivity contribution in [3.05, 3.63) is 76.3 Å². The Balaban J connectivity index is 1.79. The Labute approximate surface area is 176 Å². The van der Waals surface area contributed by atoms with Gasteiger partial charge in [0.25, 0.3) is 17.9 Å². The van der Waals surface area contributed by atoms with Gasteiger partial charge in [-0.05, 0) is 37.0 Å². The first-order valence-corrected chi connectivity index (χ1v) is 9.83. The molecule has 0 radical (unpaired) electrons. The molecule has 2 N–H and O–H groups in total. The summed E-state index contributed by atoms with van der Waals surface area (Å²) in [6.07, 6.45) is 2.18. The van der Waals surface area contributed by atoms with Crippen molar-refractivity contribution in [2.24, 2.45) is 5.92 Å². The first kappa shape index (κ1) is 20.8. The lowest BCUT2D eigenvalue weighted by atomic mass is 10.1. The second-order valence-corrected chi connectivity index (χ2v) is 7.39. The molecule has 3 aromatic rings. The van der Waals surface area contributed by atoms with Gasteiger partial charge in [-0.3, -0.25) is 14.6 Å². The molecule has 1 atom stereocenters. The van der Waals surface area contributed by atoms with Crippen LogP contribution in [0.15, 0.2) is 59.7 Å². The van der Waals surface area contributed by atoms with Crippen molar-refractivity contribution in [3.63, 3.8) is 0 Å². The smallest absolute Gasteiger partial charge is 0.284 e. The number of amides is 1. The topological polar surface area (TPSA) is 97.1 Å². The van der Waals surface area contributed by atoms with E-state index in [-0.39, 0.29) is 29.3 Å². The molecule has 2 aromatic heterocycles. The number of carbonyl (C=O) groups excluding carboxylic acids is 1. The van der Waals surface area contributed by atoms with Gasteiger partial charge in [-0.15, -0.1) is 0 Å². The van der Waals surface area contributed by atoms with E-state index in [0.717, 1.165) is 17.5 Å². The number of pyridine rings is 1. The summed E-state index contributed by atoms with van der Waals surface area (Å²) in [7, 11) is 0. The minimum absolute atomic E-state index is 0.141. The number of alkyl halides is 2. The lowest BCUT2D eigenvalue weighted by Crippen LogP contribution is -2.42. The summed E-state index contributed by atoms with van der Waals surface area (Å²) in [5, 5.41) is 16.6. The number of aliphatic hydroxyl groups excluding tert-OH is 1. The van der Waals surface area contributed by atoms with E-state index in [9.17, 15) is 23.5 Å². The van der Waals surface area contributed by atoms with Crippen molar-refractivity contribution >= 4 is 5.91 Å². The number of nitrogens with one attached hydrogen (secondary N) is 1. The molecule has 9 heteroatoms. The summed E-state index contributed by atoms with van der Waals surface area (Å²) < 4.78 is 26.8. The Bertz CT molecular complexity index is 1130. The van der Waals surface area contributed by atoms with Gasteiger partial charge < -0.3 is 10.4 Å². The van der Waals surface area contributed by atoms with Crippen LogP contribution in [0.2, 0.25) is 0 Å². The fourth-order valence-electron chi connectivity index (χ4n) is 3.31. The average molecular weight is 426 g/mol. The van der Waals surface area contributed by atoms with Gasteiger partial charge in [-0.2, -0.15) is 9.78 Å². The van der Waals surface area contributed by atoms with Crippen LogP contribution >= 0.6 is 0 Å². The Kier molecular flexibility index (Phi) is 5.85. The highest BCUT2D eigenvalue weighted by atomic mass is 19.3. The van der Waals surface area contributed by atoms with Crippen LogP contribution in [0.1, 0.15) is 35.2 Å². The first-order chi connectivity index (χ1) is 15.0. The van der Waals surface area contributed by atoms with E-state index >= 15 is 0 Å². The second-order valence-electron chi connectivity index (χ2n) is 7.39. The van der Waals surface area contributed by atoms with Gasteiger partial charge >= 0.3 is 0 Å². The SMILES string of the molecule is O=C(NC(CO)C1CC1)c1cc(-c2ccc(C(F)F)cc2)nn(-c2cccnc2)c1=O. The number of aliphatic hydroxyl groups is 1. The van der Waals surface area contributed by atoms with Crippen molar-refractivity contribution in [3.8, 4) is 16.9 Å². The molecule has 1 fully saturated rings. The van der Waals surface area contributed by atoms with E-state index < -0.39 is 23.9 Å². The van der Waals surface area contributed by atoms with E-state index in [1.807, 2.05) is 0 Å². The van der Waals surface area contributed by atoms with Crippen LogP contribution in [0.5, 0.6) is 0 Å². The van der Waals surface area contributed by atoms with E-state index in [2.05, 4.69) is 15.4 Å². The third-order valence-electron chi connectivity index (χ3n) is 5.21. The summed E-state index contributed by atoms with van der Waals surface area (Å²) in [5.41, 5.74) is 0.140. The van der Waals surface area contributed by atoms with Gasteiger partial charge in [0.05, 0.1) is 30.2 Å². The molecule has 0 aliphatic heterocycles. The van der Waals surface area contributed by atoms with E-state index in [0.29, 0.717) is 11.3 Å². The van der Waals surface area contributed by atoms with Crippen molar-refractivity contribution in [1.29, 1.82) is 0 Å². The predicted molar refractivity (Wildman–Crippen MR) is 109 cm³/mol. The fourth-order valence-corrected chi connectivity index (χ4v) is 3.31. The highest BCUT2D eigenvalue weighted by Crippen LogP contribution is 2.32. The Morgan fingerprint density at radius 2 is 1.97 bits per heavy atom. The summed E-state index contributed by atoms with van der Waals surface area (Å²) in [6.45, 7) is -0.222. The number of nitrogens with zero attached hydrogens (tertiary/aromatic N) is 3. The van der Waals surface area contributed by atoms with Crippen LogP contribution in [-0.2, 0) is 0 Å². The minimum Gasteiger partial charge on any atom is -0.394 e. The first-order valence-electron chi connectivity index (χ1n) is 9.83. The van der Waals surface area contributed by atoms with Crippen molar-refractivity contribution in [1.82, 2.24) is 20.1 Å². The molecule has 1 aliphatic carbocycles. The highest BCUT2D eigenvalue weighted by molar-refractivity contribution is 5.95. The van der Waals surface area contributed by atoms with Crippen molar-refractivity contribution < 1.29 is 18.7 Å². The Morgan fingerprint density at radius 3 is 2.55 bits per heavy atom. The molecular formula is C22H20F2N4O3. The van der Waals surface area contributed by atoms with Gasteiger partial charge in [-0.25, -0.2) is 8.78 Å². The van der Waals surface area contributed by atoms with Gasteiger partial charge in [-0.1, -0.05) is 24.3 Å². The minimum atomic E-state index is -2.61. The van der Waals surface area contributed by atoms with Crippen LogP contribution in [0, 0.1) is 5.92 Å². The van der Waals surface area contributed by atoms with Crippen LogP contribution in [0.25, 0.3) is 16.9 Å². The maximum absolute atomic E-state index is 13.0. The number of hydrogen-bond donors (Lipinski definition) is 2. The third-order valence-corrected chi connectivity index (χ3v) is 5.21. The molecule has 1 amide bonds. The fraction of sp³-hybridized carbons (Fsp3) is 0.273. The maximum Gasteiger partial charge on any atom is 0.284 e. The van der Waals surface area contributed by atoms with E-state index in [4.69, 9.17) is 0 Å². The van der Waals surface area contributed by atoms with Gasteiger partial charge in [0, 0.05) is 17.3 Å². The molecule has 1 aromatic carbocycles. The maximum atomic E-state index is 13.0. The molecule has 1 aliphatic rings. The van der Waals surface area contributed by atoms with Gasteiger partial charge in [0.15, 0.2) is 0 Å². The summed E-state index contributed by atoms with van der Waals surface area (Å²) >= 11 is 0. The molecule has 160 valence electrons. The number of benzene rings is 1. The molecular weight excluding hydrogens is 406 g/mol. The van der Waals surface area contributed by atoms with E-state index in [1.165, 1.54) is 42.7 Å². The second kappa shape index (κ2) is 8.73. The average Bonchev–Trinajstić information content (AvgIpc) is 3.63. The highest BCUT2D eigenvalue weighted by Gasteiger charge is 2.32. The Hall–Kier alpha value is -3.46. The summed E-state index contributed by atoms with van der Waals surface area (Å²) in [4.78, 5) is 29.9. The lowest BCUT2D eigenvalue weighted by molar-refractivity contribution is 0.0906. The van der Waals surface area contributed by atoms with Gasteiger partial charge in [0.1, 0.15) is 5.56 Å². The van der Waals surface area contributed by atoms with Crippen molar-refractivity contribution in [2.75, 3.05) is 6.61 Å². The van der Waals surface area contributed by atoms with Crippen molar-refractivity contribution in [2.45, 2.75) is 25.3 Å². The quantitative estimate of drug-likeness (QED) is 0.606. The number of hydrogen-bond acceptors (Lipinski definition) is 5. The zero-order valence-corrected chi connectivity index (χ0v) is 16.4. The summed E-state index contributed by atoms with van der Waals surface area (Å²) in [6, 6.07) is 9.62. The molecule has 4 rings (SSSR count). The summed E-state index contributed by atoms with van der Waals surface area (Å²) in [5.74, 6) is -0.431. The van der Waals surface area contributed by atoms with Crippen LogP contribution in [0.4, 0.5) is 8.78 Å². The zero-order chi connectivity index (χ0) is 22.0. The normalized spacial score (nSPS) is 14.5. The molecule has 1 unspecified atom stereocenters. The predicted octanol–water partition coefficient (Wildman–Crippen LogP) is 2.73. The molecule has 0 saturated heterocycles. The largest absolute Gasteiger partial charge is 0.394 e. The monoisotopic (exact) mass is 426 g/mol. The molecule has 7 nitrogen and oxygen atoms in total.